The smallest absolute Gasteiger partial charge is 0.247 e. The molecule has 1 aromatic heterocycles. The van der Waals surface area contributed by atoms with E-state index in [0.717, 1.165) is 24.4 Å². The molecular formula is C14H19NO2. The molecule has 3 nitrogen and oxygen atoms in total. The topological polar surface area (TPSA) is 33.5 Å². The second kappa shape index (κ2) is 4.78. The van der Waals surface area contributed by atoms with Crippen molar-refractivity contribution >= 4 is 12.0 Å². The summed E-state index contributed by atoms with van der Waals surface area (Å²) in [7, 11) is 0. The Labute approximate surface area is 102 Å². The van der Waals surface area contributed by atoms with E-state index in [4.69, 9.17) is 4.42 Å². The lowest BCUT2D eigenvalue weighted by atomic mass is 10.3. The Kier molecular flexibility index (Phi) is 3.36. The summed E-state index contributed by atoms with van der Waals surface area (Å²) in [5.41, 5.74) is 0. The first-order valence-electron chi connectivity index (χ1n) is 6.14. The molecule has 0 unspecified atom stereocenters. The van der Waals surface area contributed by atoms with Crippen LogP contribution < -0.4 is 0 Å². The van der Waals surface area contributed by atoms with Crippen LogP contribution in [0.1, 0.15) is 38.2 Å². The minimum absolute atomic E-state index is 0.0801. The van der Waals surface area contributed by atoms with Crippen LogP contribution in [0.25, 0.3) is 6.08 Å². The molecule has 1 amide bonds. The number of hydrogen-bond acceptors (Lipinski definition) is 2. The van der Waals surface area contributed by atoms with Crippen LogP contribution in [0.2, 0.25) is 0 Å². The number of amides is 1. The molecule has 92 valence electrons. The van der Waals surface area contributed by atoms with Crippen LogP contribution in [0.3, 0.4) is 0 Å². The van der Waals surface area contributed by atoms with Gasteiger partial charge in [-0.15, -0.1) is 0 Å². The standard InChI is InChI=1S/C14H19NO2/c1-10(2)15(12-5-6-12)14(16)9-8-13-7-4-11(3)17-13/h4,7-10,12H,5-6H2,1-3H3/b9-8+. The highest BCUT2D eigenvalue weighted by atomic mass is 16.3. The molecule has 1 fully saturated rings. The second-order valence-corrected chi connectivity index (χ2v) is 4.85. The van der Waals surface area contributed by atoms with Gasteiger partial charge in [-0.25, -0.2) is 0 Å². The van der Waals surface area contributed by atoms with E-state index in [2.05, 4.69) is 13.8 Å². The Morgan fingerprint density at radius 1 is 1.47 bits per heavy atom. The summed E-state index contributed by atoms with van der Waals surface area (Å²) in [4.78, 5) is 14.0. The van der Waals surface area contributed by atoms with E-state index in [1.54, 1.807) is 12.2 Å². The molecule has 1 aliphatic rings. The summed E-state index contributed by atoms with van der Waals surface area (Å²) in [6, 6.07) is 4.48. The largest absolute Gasteiger partial charge is 0.462 e. The van der Waals surface area contributed by atoms with Gasteiger partial charge in [0.05, 0.1) is 0 Å². The van der Waals surface area contributed by atoms with Gasteiger partial charge in [-0.2, -0.15) is 0 Å². The van der Waals surface area contributed by atoms with Crippen LogP contribution in [-0.2, 0) is 4.79 Å². The Hall–Kier alpha value is -1.51. The van der Waals surface area contributed by atoms with E-state index >= 15 is 0 Å². The van der Waals surface area contributed by atoms with Crippen LogP contribution in [0.15, 0.2) is 22.6 Å². The Morgan fingerprint density at radius 2 is 2.18 bits per heavy atom. The van der Waals surface area contributed by atoms with E-state index in [9.17, 15) is 4.79 Å². The lowest BCUT2D eigenvalue weighted by Crippen LogP contribution is -2.37. The van der Waals surface area contributed by atoms with Gasteiger partial charge in [-0.3, -0.25) is 4.79 Å². The maximum absolute atomic E-state index is 12.0. The lowest BCUT2D eigenvalue weighted by molar-refractivity contribution is -0.128. The van der Waals surface area contributed by atoms with Crippen molar-refractivity contribution in [2.45, 2.75) is 45.7 Å². The summed E-state index contributed by atoms with van der Waals surface area (Å²) < 4.78 is 5.39. The molecule has 0 radical (unpaired) electrons. The zero-order chi connectivity index (χ0) is 12.4. The average Bonchev–Trinajstić information content (AvgIpc) is 2.98. The number of nitrogens with zero attached hydrogens (tertiary/aromatic N) is 1. The van der Waals surface area contributed by atoms with Crippen LogP contribution in [-0.4, -0.2) is 22.9 Å². The zero-order valence-corrected chi connectivity index (χ0v) is 10.6. The Balaban J connectivity index is 2.02. The molecule has 0 atom stereocenters. The fourth-order valence-corrected chi connectivity index (χ4v) is 1.99. The fraction of sp³-hybridized carbons (Fsp3) is 0.500. The van der Waals surface area contributed by atoms with Crippen molar-refractivity contribution in [3.05, 3.63) is 29.7 Å². The molecule has 0 saturated heterocycles. The van der Waals surface area contributed by atoms with E-state index in [-0.39, 0.29) is 11.9 Å². The van der Waals surface area contributed by atoms with Gasteiger partial charge in [-0.05, 0) is 51.8 Å². The van der Waals surface area contributed by atoms with Gasteiger partial charge in [0.2, 0.25) is 5.91 Å². The lowest BCUT2D eigenvalue weighted by Gasteiger charge is -2.25. The highest BCUT2D eigenvalue weighted by Crippen LogP contribution is 2.28. The highest BCUT2D eigenvalue weighted by Gasteiger charge is 2.33. The van der Waals surface area contributed by atoms with E-state index in [1.165, 1.54) is 0 Å². The summed E-state index contributed by atoms with van der Waals surface area (Å²) >= 11 is 0. The molecule has 0 aromatic carbocycles. The second-order valence-electron chi connectivity index (χ2n) is 4.85. The number of rotatable bonds is 4. The van der Waals surface area contributed by atoms with Crippen LogP contribution in [0.4, 0.5) is 0 Å². The highest BCUT2D eigenvalue weighted by molar-refractivity contribution is 5.92. The molecular weight excluding hydrogens is 214 g/mol. The Morgan fingerprint density at radius 3 is 2.65 bits per heavy atom. The van der Waals surface area contributed by atoms with Gasteiger partial charge in [0.15, 0.2) is 0 Å². The SMILES string of the molecule is Cc1ccc(/C=C/C(=O)N(C(C)C)C2CC2)o1. The van der Waals surface area contributed by atoms with Crippen LogP contribution >= 0.6 is 0 Å². The number of hydrogen-bond donors (Lipinski definition) is 0. The van der Waals surface area contributed by atoms with Gasteiger partial charge in [-0.1, -0.05) is 0 Å². The van der Waals surface area contributed by atoms with Crippen molar-refractivity contribution in [3.63, 3.8) is 0 Å². The minimum Gasteiger partial charge on any atom is -0.462 e. The third-order valence-corrected chi connectivity index (χ3v) is 2.90. The molecule has 1 saturated carbocycles. The van der Waals surface area contributed by atoms with Crippen molar-refractivity contribution in [3.8, 4) is 0 Å². The van der Waals surface area contributed by atoms with E-state index in [1.807, 2.05) is 24.0 Å². The first-order chi connectivity index (χ1) is 8.08. The Bertz CT molecular complexity index is 425. The molecule has 2 rings (SSSR count). The third-order valence-electron chi connectivity index (χ3n) is 2.90. The summed E-state index contributed by atoms with van der Waals surface area (Å²) in [5, 5.41) is 0. The predicted octanol–water partition coefficient (Wildman–Crippen LogP) is 3.00. The summed E-state index contributed by atoms with van der Waals surface area (Å²) in [6.45, 7) is 6.01. The van der Waals surface area contributed by atoms with Gasteiger partial charge >= 0.3 is 0 Å². The minimum atomic E-state index is 0.0801. The van der Waals surface area contributed by atoms with Crippen molar-refractivity contribution in [2.24, 2.45) is 0 Å². The first-order valence-corrected chi connectivity index (χ1v) is 6.14. The quantitative estimate of drug-likeness (QED) is 0.749. The molecule has 1 aliphatic carbocycles. The van der Waals surface area contributed by atoms with Crippen LogP contribution in [0.5, 0.6) is 0 Å². The van der Waals surface area contributed by atoms with Gasteiger partial charge in [0.1, 0.15) is 11.5 Å². The molecule has 3 heteroatoms. The normalized spacial score (nSPS) is 15.8. The molecule has 17 heavy (non-hydrogen) atoms. The molecule has 0 aliphatic heterocycles. The number of carbonyl (C=O) groups is 1. The molecule has 0 bridgehead atoms. The van der Waals surface area contributed by atoms with Crippen molar-refractivity contribution in [1.82, 2.24) is 4.90 Å². The predicted molar refractivity (Wildman–Crippen MR) is 67.5 cm³/mol. The summed E-state index contributed by atoms with van der Waals surface area (Å²) in [6.07, 6.45) is 5.62. The monoisotopic (exact) mass is 233 g/mol. The third kappa shape index (κ3) is 2.99. The van der Waals surface area contributed by atoms with Crippen LogP contribution in [0, 0.1) is 6.92 Å². The van der Waals surface area contributed by atoms with Crippen molar-refractivity contribution in [1.29, 1.82) is 0 Å². The maximum atomic E-state index is 12.0. The molecule has 1 aromatic rings. The number of aryl methyl sites for hydroxylation is 1. The fourth-order valence-electron chi connectivity index (χ4n) is 1.99. The van der Waals surface area contributed by atoms with Gasteiger partial charge < -0.3 is 9.32 Å². The van der Waals surface area contributed by atoms with E-state index < -0.39 is 0 Å². The van der Waals surface area contributed by atoms with E-state index in [0.29, 0.717) is 6.04 Å². The molecule has 0 N–H and O–H groups in total. The van der Waals surface area contributed by atoms with Crippen molar-refractivity contribution < 1.29 is 9.21 Å². The zero-order valence-electron chi connectivity index (χ0n) is 10.6. The van der Waals surface area contributed by atoms with Crippen molar-refractivity contribution in [2.75, 3.05) is 0 Å². The summed E-state index contributed by atoms with van der Waals surface area (Å²) in [5.74, 6) is 1.67. The number of carbonyl (C=O) groups excluding carboxylic acids is 1. The van der Waals surface area contributed by atoms with Gasteiger partial charge in [0.25, 0.3) is 0 Å². The number of furan rings is 1. The maximum Gasteiger partial charge on any atom is 0.247 e. The first kappa shape index (κ1) is 12.0. The molecule has 0 spiro atoms. The van der Waals surface area contributed by atoms with Gasteiger partial charge in [0, 0.05) is 18.2 Å². The average molecular weight is 233 g/mol. The molecule has 1 heterocycles.